The molecule has 2 aromatic heterocycles. The topological polar surface area (TPSA) is 83.0 Å². The van der Waals surface area contributed by atoms with Crippen LogP contribution in [0, 0.1) is 0 Å². The number of benzene rings is 1. The van der Waals surface area contributed by atoms with Gasteiger partial charge >= 0.3 is 5.69 Å². The van der Waals surface area contributed by atoms with Crippen LogP contribution in [0.2, 0.25) is 0 Å². The minimum Gasteiger partial charge on any atom is -0.358 e. The van der Waals surface area contributed by atoms with Gasteiger partial charge in [-0.25, -0.2) is 4.79 Å². The van der Waals surface area contributed by atoms with Crippen LogP contribution >= 0.6 is 0 Å². The minimum atomic E-state index is -0.417. The number of nitrogens with zero attached hydrogens (tertiary/aromatic N) is 3. The van der Waals surface area contributed by atoms with Gasteiger partial charge in [-0.15, -0.1) is 0 Å². The van der Waals surface area contributed by atoms with Crippen LogP contribution in [0.25, 0.3) is 0 Å². The molecule has 0 radical (unpaired) electrons. The van der Waals surface area contributed by atoms with Crippen molar-refractivity contribution in [2.24, 2.45) is 0 Å². The Balaban J connectivity index is 1.67. The second-order valence-corrected chi connectivity index (χ2v) is 6.70. The highest BCUT2D eigenvalue weighted by atomic mass is 16.2. The molecule has 0 saturated heterocycles. The fourth-order valence-corrected chi connectivity index (χ4v) is 3.44. The second-order valence-electron chi connectivity index (χ2n) is 6.70. The number of fused-ring (bicyclic) bond motifs is 1. The van der Waals surface area contributed by atoms with Crippen molar-refractivity contribution in [2.45, 2.75) is 26.1 Å². The van der Waals surface area contributed by atoms with Crippen LogP contribution in [0.15, 0.2) is 64.4 Å². The number of pyridine rings is 1. The van der Waals surface area contributed by atoms with Crippen LogP contribution in [0.5, 0.6) is 0 Å². The van der Waals surface area contributed by atoms with Gasteiger partial charge in [-0.3, -0.25) is 24.2 Å². The molecule has 0 amide bonds. The Labute approximate surface area is 156 Å². The predicted octanol–water partition coefficient (Wildman–Crippen LogP) is 1.93. The van der Waals surface area contributed by atoms with E-state index < -0.39 is 5.69 Å². The third-order valence-electron chi connectivity index (χ3n) is 5.00. The first-order chi connectivity index (χ1) is 13.1. The number of aromatic nitrogens is 3. The summed E-state index contributed by atoms with van der Waals surface area (Å²) >= 11 is 0. The summed E-state index contributed by atoms with van der Waals surface area (Å²) in [6.45, 7) is 3.49. The molecule has 1 aliphatic heterocycles. The summed E-state index contributed by atoms with van der Waals surface area (Å²) in [4.78, 5) is 33.5. The molecule has 0 aliphatic carbocycles. The van der Waals surface area contributed by atoms with Crippen molar-refractivity contribution < 1.29 is 0 Å². The van der Waals surface area contributed by atoms with E-state index in [9.17, 15) is 9.59 Å². The van der Waals surface area contributed by atoms with Crippen LogP contribution in [-0.2, 0) is 13.1 Å². The van der Waals surface area contributed by atoms with E-state index >= 15 is 0 Å². The molecule has 1 aliphatic rings. The molecule has 0 bridgehead atoms. The van der Waals surface area contributed by atoms with Gasteiger partial charge < -0.3 is 5.32 Å². The summed E-state index contributed by atoms with van der Waals surface area (Å²) in [6.07, 6.45) is 3.41. The summed E-state index contributed by atoms with van der Waals surface area (Å²) < 4.78 is 1.57. The number of anilines is 1. The van der Waals surface area contributed by atoms with E-state index in [4.69, 9.17) is 0 Å². The van der Waals surface area contributed by atoms with Crippen LogP contribution in [0.4, 0.5) is 5.82 Å². The molecular weight excluding hydrogens is 342 g/mol. The minimum absolute atomic E-state index is 0.143. The van der Waals surface area contributed by atoms with E-state index in [0.29, 0.717) is 31.1 Å². The zero-order chi connectivity index (χ0) is 18.8. The Morgan fingerprint density at radius 3 is 2.70 bits per heavy atom. The van der Waals surface area contributed by atoms with Crippen LogP contribution in [-0.4, -0.2) is 26.1 Å². The van der Waals surface area contributed by atoms with Gasteiger partial charge in [-0.1, -0.05) is 36.4 Å². The quantitative estimate of drug-likeness (QED) is 0.740. The fraction of sp³-hybridized carbons (Fsp3) is 0.250. The molecule has 2 N–H and O–H groups in total. The maximum absolute atomic E-state index is 12.4. The van der Waals surface area contributed by atoms with Crippen LogP contribution in [0.3, 0.4) is 0 Å². The molecule has 0 spiro atoms. The normalized spacial score (nSPS) is 15.0. The Hall–Kier alpha value is -3.19. The van der Waals surface area contributed by atoms with Crippen LogP contribution < -0.4 is 16.6 Å². The molecule has 4 rings (SSSR count). The molecule has 3 aromatic rings. The second kappa shape index (κ2) is 7.20. The van der Waals surface area contributed by atoms with Gasteiger partial charge in [0.2, 0.25) is 0 Å². The number of hydrogen-bond donors (Lipinski definition) is 2. The van der Waals surface area contributed by atoms with E-state index in [1.54, 1.807) is 17.0 Å². The lowest BCUT2D eigenvalue weighted by Crippen LogP contribution is -2.44. The highest BCUT2D eigenvalue weighted by Crippen LogP contribution is 2.26. The van der Waals surface area contributed by atoms with E-state index in [2.05, 4.69) is 39.2 Å². The van der Waals surface area contributed by atoms with Gasteiger partial charge in [0, 0.05) is 25.0 Å². The molecule has 1 aromatic carbocycles. The van der Waals surface area contributed by atoms with E-state index in [0.717, 1.165) is 5.56 Å². The Kier molecular flexibility index (Phi) is 4.60. The van der Waals surface area contributed by atoms with Gasteiger partial charge in [0.05, 0.1) is 18.8 Å². The lowest BCUT2D eigenvalue weighted by Gasteiger charge is -2.35. The molecule has 0 fully saturated rings. The van der Waals surface area contributed by atoms with Crippen molar-refractivity contribution in [2.75, 3.05) is 12.0 Å². The maximum Gasteiger partial charge on any atom is 0.330 e. The largest absolute Gasteiger partial charge is 0.358 e. The van der Waals surface area contributed by atoms with E-state index in [1.807, 2.05) is 30.3 Å². The zero-order valence-corrected chi connectivity index (χ0v) is 15.1. The Morgan fingerprint density at radius 1 is 1.15 bits per heavy atom. The van der Waals surface area contributed by atoms with Crippen molar-refractivity contribution in [3.8, 4) is 0 Å². The number of hydrogen-bond acceptors (Lipinski definition) is 5. The fourth-order valence-electron chi connectivity index (χ4n) is 3.44. The lowest BCUT2D eigenvalue weighted by atomic mass is 10.1. The van der Waals surface area contributed by atoms with E-state index in [1.165, 1.54) is 5.56 Å². The third-order valence-corrected chi connectivity index (χ3v) is 5.00. The highest BCUT2D eigenvalue weighted by molar-refractivity contribution is 5.46. The monoisotopic (exact) mass is 363 g/mol. The standard InChI is InChI=1S/C20H21N5O2/c1-14(16-7-3-2-4-8-16)24-12-17-18(22-13-24)25(20(27)23-19(17)26)11-15-6-5-9-21-10-15/h2-10,14,22H,11-13H2,1H3,(H,23,26,27). The summed E-state index contributed by atoms with van der Waals surface area (Å²) in [5, 5.41) is 3.28. The first-order valence-electron chi connectivity index (χ1n) is 8.91. The van der Waals surface area contributed by atoms with Gasteiger partial charge in [-0.2, -0.15) is 0 Å². The lowest BCUT2D eigenvalue weighted by molar-refractivity contribution is 0.206. The third kappa shape index (κ3) is 3.41. The van der Waals surface area contributed by atoms with Crippen molar-refractivity contribution in [3.63, 3.8) is 0 Å². The van der Waals surface area contributed by atoms with E-state index in [-0.39, 0.29) is 11.6 Å². The summed E-state index contributed by atoms with van der Waals surface area (Å²) in [5.41, 5.74) is 1.90. The molecule has 1 unspecified atom stereocenters. The number of rotatable bonds is 4. The maximum atomic E-state index is 12.4. The van der Waals surface area contributed by atoms with Gasteiger partial charge in [0.1, 0.15) is 5.82 Å². The average Bonchev–Trinajstić information content (AvgIpc) is 2.71. The Morgan fingerprint density at radius 2 is 1.96 bits per heavy atom. The summed E-state index contributed by atoms with van der Waals surface area (Å²) in [6, 6.07) is 14.0. The number of H-pyrrole nitrogens is 1. The molecule has 3 heterocycles. The first kappa shape index (κ1) is 17.2. The van der Waals surface area contributed by atoms with Crippen molar-refractivity contribution in [1.29, 1.82) is 0 Å². The predicted molar refractivity (Wildman–Crippen MR) is 104 cm³/mol. The van der Waals surface area contributed by atoms with Crippen LogP contribution in [0.1, 0.15) is 29.7 Å². The number of aromatic amines is 1. The first-order valence-corrected chi connectivity index (χ1v) is 8.91. The summed E-state index contributed by atoms with van der Waals surface area (Å²) in [5.74, 6) is 0.587. The molecule has 138 valence electrons. The smallest absolute Gasteiger partial charge is 0.330 e. The average molecular weight is 363 g/mol. The van der Waals surface area contributed by atoms with Gasteiger partial charge in [-0.05, 0) is 24.1 Å². The van der Waals surface area contributed by atoms with Crippen molar-refractivity contribution in [1.82, 2.24) is 19.4 Å². The molecular formula is C20H21N5O2. The molecule has 1 atom stereocenters. The summed E-state index contributed by atoms with van der Waals surface area (Å²) in [7, 11) is 0. The molecule has 7 nitrogen and oxygen atoms in total. The SMILES string of the molecule is CC(c1ccccc1)N1CNc2c(c(=O)[nH]c(=O)n2Cc2cccnc2)C1. The van der Waals surface area contributed by atoms with Gasteiger partial charge in [0.25, 0.3) is 5.56 Å². The number of nitrogens with one attached hydrogen (secondary N) is 2. The molecule has 0 saturated carbocycles. The van der Waals surface area contributed by atoms with Crippen molar-refractivity contribution in [3.05, 3.63) is 92.4 Å². The van der Waals surface area contributed by atoms with Gasteiger partial charge in [0.15, 0.2) is 0 Å². The highest BCUT2D eigenvalue weighted by Gasteiger charge is 2.26. The molecule has 27 heavy (non-hydrogen) atoms. The molecule has 7 heteroatoms. The zero-order valence-electron chi connectivity index (χ0n) is 15.1. The Bertz CT molecular complexity index is 1040. The van der Waals surface area contributed by atoms with Crippen molar-refractivity contribution >= 4 is 5.82 Å².